The highest BCUT2D eigenvalue weighted by atomic mass is 35.5. The second-order valence-corrected chi connectivity index (χ2v) is 7.99. The van der Waals surface area contributed by atoms with E-state index in [0.29, 0.717) is 39.7 Å². The van der Waals surface area contributed by atoms with Crippen LogP contribution in [-0.2, 0) is 13.1 Å². The van der Waals surface area contributed by atoms with Crippen molar-refractivity contribution in [3.63, 3.8) is 0 Å². The zero-order valence-corrected chi connectivity index (χ0v) is 18.2. The smallest absolute Gasteiger partial charge is 0.264 e. The van der Waals surface area contributed by atoms with E-state index in [1.54, 1.807) is 21.4 Å². The quantitative estimate of drug-likeness (QED) is 0.480. The molecule has 0 aliphatic carbocycles. The number of hydrogen-bond donors (Lipinski definition) is 1. The number of rotatable bonds is 6. The lowest BCUT2D eigenvalue weighted by Gasteiger charge is -2.09. The molecule has 9 heteroatoms. The van der Waals surface area contributed by atoms with Gasteiger partial charge in [-0.1, -0.05) is 53.0 Å². The van der Waals surface area contributed by atoms with Crippen LogP contribution in [0, 0.1) is 6.92 Å². The van der Waals surface area contributed by atoms with Gasteiger partial charge in [0.15, 0.2) is 5.65 Å². The van der Waals surface area contributed by atoms with Crippen molar-refractivity contribution < 1.29 is 4.79 Å². The van der Waals surface area contributed by atoms with Crippen LogP contribution in [0.1, 0.15) is 21.5 Å². The van der Waals surface area contributed by atoms with Crippen molar-refractivity contribution >= 4 is 40.1 Å². The summed E-state index contributed by atoms with van der Waals surface area (Å²) in [6.45, 7) is 3.09. The SMILES string of the molecule is Cc1ccc(Cn2cnc3c(cnn3CCNC(=O)c3cc(Cl)ccc3Cl)c2=O)cc1. The summed E-state index contributed by atoms with van der Waals surface area (Å²) in [6, 6.07) is 12.7. The fourth-order valence-electron chi connectivity index (χ4n) is 3.21. The fraction of sp³-hybridized carbons (Fsp3) is 0.182. The second-order valence-electron chi connectivity index (χ2n) is 7.15. The van der Waals surface area contributed by atoms with Crippen LogP contribution in [0.2, 0.25) is 10.0 Å². The maximum atomic E-state index is 12.8. The number of halogens is 2. The number of fused-ring (bicyclic) bond motifs is 1. The summed E-state index contributed by atoms with van der Waals surface area (Å²) in [5.74, 6) is -0.336. The van der Waals surface area contributed by atoms with Gasteiger partial charge in [-0.25, -0.2) is 9.67 Å². The van der Waals surface area contributed by atoms with E-state index in [0.717, 1.165) is 11.1 Å². The van der Waals surface area contributed by atoms with E-state index in [4.69, 9.17) is 23.2 Å². The van der Waals surface area contributed by atoms with Crippen molar-refractivity contribution in [3.8, 4) is 0 Å². The van der Waals surface area contributed by atoms with Gasteiger partial charge in [0.2, 0.25) is 0 Å². The number of carbonyl (C=O) groups is 1. The van der Waals surface area contributed by atoms with Gasteiger partial charge in [-0.05, 0) is 30.7 Å². The third-order valence-electron chi connectivity index (χ3n) is 4.88. The summed E-state index contributed by atoms with van der Waals surface area (Å²) in [4.78, 5) is 29.6. The minimum absolute atomic E-state index is 0.161. The molecule has 2 heterocycles. The highest BCUT2D eigenvalue weighted by Gasteiger charge is 2.13. The topological polar surface area (TPSA) is 81.8 Å². The van der Waals surface area contributed by atoms with E-state index in [1.807, 2.05) is 31.2 Å². The van der Waals surface area contributed by atoms with E-state index in [2.05, 4.69) is 15.4 Å². The summed E-state index contributed by atoms with van der Waals surface area (Å²) >= 11 is 12.0. The molecule has 2 aromatic carbocycles. The van der Waals surface area contributed by atoms with Crippen LogP contribution >= 0.6 is 23.2 Å². The molecule has 7 nitrogen and oxygen atoms in total. The van der Waals surface area contributed by atoms with Crippen LogP contribution in [0.25, 0.3) is 11.0 Å². The average Bonchev–Trinajstić information content (AvgIpc) is 3.17. The molecule has 2 aromatic heterocycles. The zero-order chi connectivity index (χ0) is 22.0. The minimum Gasteiger partial charge on any atom is -0.350 e. The third-order valence-corrected chi connectivity index (χ3v) is 5.44. The molecule has 1 N–H and O–H groups in total. The Morgan fingerprint density at radius 1 is 1.13 bits per heavy atom. The Balaban J connectivity index is 1.46. The van der Waals surface area contributed by atoms with Gasteiger partial charge < -0.3 is 5.32 Å². The van der Waals surface area contributed by atoms with E-state index in [9.17, 15) is 9.59 Å². The molecule has 0 fully saturated rings. The first-order chi connectivity index (χ1) is 14.9. The summed E-state index contributed by atoms with van der Waals surface area (Å²) in [5.41, 5.74) is 2.79. The molecule has 0 atom stereocenters. The summed E-state index contributed by atoms with van der Waals surface area (Å²) in [5, 5.41) is 8.22. The molecule has 0 radical (unpaired) electrons. The lowest BCUT2D eigenvalue weighted by Crippen LogP contribution is -2.28. The van der Waals surface area contributed by atoms with Gasteiger partial charge in [-0.15, -0.1) is 0 Å². The van der Waals surface area contributed by atoms with Crippen LogP contribution in [0.3, 0.4) is 0 Å². The molecule has 0 unspecified atom stereocenters. The molecule has 0 saturated carbocycles. The van der Waals surface area contributed by atoms with Crippen molar-refractivity contribution in [1.29, 1.82) is 0 Å². The Morgan fingerprint density at radius 3 is 2.68 bits per heavy atom. The molecule has 0 spiro atoms. The summed E-state index contributed by atoms with van der Waals surface area (Å²) in [7, 11) is 0. The standard InChI is InChI=1S/C22H19Cl2N5O2/c1-14-2-4-15(5-3-14)12-28-13-26-20-18(22(28)31)11-27-29(20)9-8-25-21(30)17-10-16(23)6-7-19(17)24/h2-7,10-11,13H,8-9,12H2,1H3,(H,25,30). The molecular weight excluding hydrogens is 437 g/mol. The zero-order valence-electron chi connectivity index (χ0n) is 16.7. The molecule has 0 aliphatic heterocycles. The highest BCUT2D eigenvalue weighted by molar-refractivity contribution is 6.35. The Hall–Kier alpha value is -3.16. The first-order valence-corrected chi connectivity index (χ1v) is 10.4. The number of aryl methyl sites for hydroxylation is 1. The highest BCUT2D eigenvalue weighted by Crippen LogP contribution is 2.20. The van der Waals surface area contributed by atoms with E-state index in [-0.39, 0.29) is 18.0 Å². The maximum absolute atomic E-state index is 12.8. The first-order valence-electron chi connectivity index (χ1n) is 9.62. The van der Waals surface area contributed by atoms with Crippen molar-refractivity contribution in [2.24, 2.45) is 0 Å². The van der Waals surface area contributed by atoms with Crippen LogP contribution in [-0.4, -0.2) is 31.8 Å². The van der Waals surface area contributed by atoms with E-state index < -0.39 is 0 Å². The Kier molecular flexibility index (Phi) is 6.06. The molecule has 0 bridgehead atoms. The molecule has 1 amide bonds. The van der Waals surface area contributed by atoms with Crippen molar-refractivity contribution in [2.45, 2.75) is 20.0 Å². The first kappa shape index (κ1) is 21.1. The largest absolute Gasteiger partial charge is 0.350 e. The maximum Gasteiger partial charge on any atom is 0.264 e. The van der Waals surface area contributed by atoms with E-state index >= 15 is 0 Å². The average molecular weight is 456 g/mol. The Labute approximate surface area is 188 Å². The Bertz CT molecular complexity index is 1310. The molecular formula is C22H19Cl2N5O2. The Morgan fingerprint density at radius 2 is 1.90 bits per heavy atom. The van der Waals surface area contributed by atoms with Gasteiger partial charge in [-0.3, -0.25) is 14.2 Å². The number of hydrogen-bond acceptors (Lipinski definition) is 4. The molecule has 158 valence electrons. The van der Waals surface area contributed by atoms with Gasteiger partial charge >= 0.3 is 0 Å². The second kappa shape index (κ2) is 8.91. The van der Waals surface area contributed by atoms with Crippen LogP contribution in [0.5, 0.6) is 0 Å². The lowest BCUT2D eigenvalue weighted by molar-refractivity contribution is 0.0952. The normalized spacial score (nSPS) is 11.1. The number of nitrogens with zero attached hydrogens (tertiary/aromatic N) is 4. The third kappa shape index (κ3) is 4.62. The molecule has 31 heavy (non-hydrogen) atoms. The van der Waals surface area contributed by atoms with Crippen molar-refractivity contribution in [3.05, 3.63) is 92.1 Å². The molecule has 0 saturated heterocycles. The van der Waals surface area contributed by atoms with Crippen LogP contribution in [0.15, 0.2) is 59.8 Å². The molecule has 0 aliphatic rings. The number of amides is 1. The van der Waals surface area contributed by atoms with Gasteiger partial charge in [0.25, 0.3) is 11.5 Å². The minimum atomic E-state index is -0.336. The number of nitrogens with one attached hydrogen (secondary N) is 1. The van der Waals surface area contributed by atoms with Crippen LogP contribution < -0.4 is 10.9 Å². The molecule has 4 aromatic rings. The van der Waals surface area contributed by atoms with E-state index in [1.165, 1.54) is 18.6 Å². The molecule has 4 rings (SSSR count). The van der Waals surface area contributed by atoms with Gasteiger partial charge in [-0.2, -0.15) is 5.10 Å². The summed E-state index contributed by atoms with van der Waals surface area (Å²) < 4.78 is 3.15. The fourth-order valence-corrected chi connectivity index (χ4v) is 3.58. The van der Waals surface area contributed by atoms with Gasteiger partial charge in [0.05, 0.1) is 29.9 Å². The number of benzene rings is 2. The van der Waals surface area contributed by atoms with Crippen LogP contribution in [0.4, 0.5) is 0 Å². The lowest BCUT2D eigenvalue weighted by atomic mass is 10.1. The van der Waals surface area contributed by atoms with Gasteiger partial charge in [0.1, 0.15) is 11.7 Å². The van der Waals surface area contributed by atoms with Crippen molar-refractivity contribution in [1.82, 2.24) is 24.6 Å². The van der Waals surface area contributed by atoms with Crippen molar-refractivity contribution in [2.75, 3.05) is 6.54 Å². The number of carbonyl (C=O) groups excluding carboxylic acids is 1. The summed E-state index contributed by atoms with van der Waals surface area (Å²) in [6.07, 6.45) is 3.03. The predicted molar refractivity (Wildman–Crippen MR) is 121 cm³/mol. The monoisotopic (exact) mass is 455 g/mol. The predicted octanol–water partition coefficient (Wildman–Crippen LogP) is 3.69. The van der Waals surface area contributed by atoms with Gasteiger partial charge in [0, 0.05) is 11.6 Å². The number of aromatic nitrogens is 4.